The van der Waals surface area contributed by atoms with Crippen molar-refractivity contribution in [1.82, 2.24) is 9.78 Å². The zero-order chi connectivity index (χ0) is 12.3. The fraction of sp³-hybridized carbons (Fsp3) is 0.750. The van der Waals surface area contributed by atoms with Crippen molar-refractivity contribution < 1.29 is 23.4 Å². The first-order chi connectivity index (χ1) is 7.33. The molecule has 0 fully saturated rings. The van der Waals surface area contributed by atoms with Crippen LogP contribution in [-0.2, 0) is 16.1 Å². The number of hydrogen-bond acceptors (Lipinski definition) is 3. The zero-order valence-electron chi connectivity index (χ0n) is 9.52. The first-order valence-corrected chi connectivity index (χ1v) is 6.50. The fourth-order valence-electron chi connectivity index (χ4n) is 1.58. The Morgan fingerprint density at radius 3 is 2.62 bits per heavy atom. The van der Waals surface area contributed by atoms with Crippen LogP contribution >= 0.6 is 7.82 Å². The molecule has 1 aromatic rings. The molecule has 92 valence electrons. The van der Waals surface area contributed by atoms with Gasteiger partial charge in [-0.25, -0.2) is 9.13 Å². The van der Waals surface area contributed by atoms with Gasteiger partial charge in [0.25, 0.3) is 6.33 Å². The van der Waals surface area contributed by atoms with Gasteiger partial charge in [0, 0.05) is 5.10 Å². The lowest BCUT2D eigenvalue weighted by Crippen LogP contribution is -2.27. The number of phosphoric acid groups is 1. The SMILES string of the molecule is CC[C@@H]([C@@H](C)OP(=O)(O)O)n1c[n+](C)cn1. The quantitative estimate of drug-likeness (QED) is 0.574. The highest BCUT2D eigenvalue weighted by Gasteiger charge is 2.29. The fourth-order valence-corrected chi connectivity index (χ4v) is 2.15. The lowest BCUT2D eigenvalue weighted by molar-refractivity contribution is -0.672. The Morgan fingerprint density at radius 2 is 2.25 bits per heavy atom. The summed E-state index contributed by atoms with van der Waals surface area (Å²) in [6.07, 6.45) is 3.43. The number of rotatable bonds is 5. The molecule has 2 N–H and O–H groups in total. The minimum absolute atomic E-state index is 0.200. The predicted molar refractivity (Wildman–Crippen MR) is 55.3 cm³/mol. The molecule has 0 aliphatic rings. The van der Waals surface area contributed by atoms with Crippen LogP contribution in [0, 0.1) is 0 Å². The average Bonchev–Trinajstić information content (AvgIpc) is 2.49. The molecular formula is C8H17N3O4P+. The molecule has 0 spiro atoms. The van der Waals surface area contributed by atoms with E-state index in [1.165, 1.54) is 0 Å². The minimum Gasteiger partial charge on any atom is -0.303 e. The highest BCUT2D eigenvalue weighted by Crippen LogP contribution is 2.40. The normalized spacial score (nSPS) is 16.1. The topological polar surface area (TPSA) is 88.5 Å². The Hall–Kier alpha value is -0.750. The standard InChI is InChI=1S/C8H16N3O4P/c1-4-8(7(2)15-16(12,13)14)11-6-10(3)5-9-11/h5-8H,4H2,1-3H3,(H-,12,13,14)/p+1/t7-,8+/m1/s1. The van der Waals surface area contributed by atoms with Crippen molar-refractivity contribution in [3.8, 4) is 0 Å². The van der Waals surface area contributed by atoms with Gasteiger partial charge in [0.05, 0.1) is 7.05 Å². The Bertz CT molecular complexity index is 388. The number of aryl methyl sites for hydroxylation is 1. The molecule has 0 unspecified atom stereocenters. The van der Waals surface area contributed by atoms with Gasteiger partial charge in [0.2, 0.25) is 6.33 Å². The molecule has 0 aliphatic heterocycles. The van der Waals surface area contributed by atoms with Crippen molar-refractivity contribution in [3.63, 3.8) is 0 Å². The molecule has 0 amide bonds. The predicted octanol–water partition coefficient (Wildman–Crippen LogP) is 0.156. The van der Waals surface area contributed by atoms with Gasteiger partial charge in [-0.05, 0) is 13.3 Å². The monoisotopic (exact) mass is 250 g/mol. The van der Waals surface area contributed by atoms with Crippen molar-refractivity contribution in [2.75, 3.05) is 0 Å². The van der Waals surface area contributed by atoms with Crippen molar-refractivity contribution >= 4 is 7.82 Å². The Balaban J connectivity index is 2.78. The third kappa shape index (κ3) is 3.68. The third-order valence-corrected chi connectivity index (χ3v) is 2.88. The molecule has 2 atom stereocenters. The number of aromatic nitrogens is 3. The Morgan fingerprint density at radius 1 is 1.62 bits per heavy atom. The van der Waals surface area contributed by atoms with Crippen molar-refractivity contribution in [1.29, 1.82) is 0 Å². The van der Waals surface area contributed by atoms with Crippen molar-refractivity contribution in [2.45, 2.75) is 32.4 Å². The lowest BCUT2D eigenvalue weighted by atomic mass is 10.1. The van der Waals surface area contributed by atoms with Crippen LogP contribution in [0.4, 0.5) is 0 Å². The van der Waals surface area contributed by atoms with Crippen LogP contribution in [0.3, 0.4) is 0 Å². The van der Waals surface area contributed by atoms with E-state index in [4.69, 9.17) is 9.79 Å². The summed E-state index contributed by atoms with van der Waals surface area (Å²) in [7, 11) is -2.63. The molecular weight excluding hydrogens is 233 g/mol. The van der Waals surface area contributed by atoms with Gasteiger partial charge in [-0.3, -0.25) is 4.52 Å². The molecule has 7 nitrogen and oxygen atoms in total. The van der Waals surface area contributed by atoms with Crippen molar-refractivity contribution in [3.05, 3.63) is 12.7 Å². The summed E-state index contributed by atoms with van der Waals surface area (Å²) in [5.41, 5.74) is 0. The summed E-state index contributed by atoms with van der Waals surface area (Å²) in [5, 5.41) is 4.08. The van der Waals surface area contributed by atoms with Crippen LogP contribution in [0.1, 0.15) is 26.3 Å². The molecule has 1 rings (SSSR count). The highest BCUT2D eigenvalue weighted by atomic mass is 31.2. The summed E-state index contributed by atoms with van der Waals surface area (Å²) in [4.78, 5) is 17.5. The van der Waals surface area contributed by atoms with Gasteiger partial charge in [0.15, 0.2) is 0 Å². The largest absolute Gasteiger partial charge is 0.469 e. The average molecular weight is 250 g/mol. The number of phosphoric ester groups is 1. The zero-order valence-corrected chi connectivity index (χ0v) is 10.4. The summed E-state index contributed by atoms with van der Waals surface area (Å²) in [5.74, 6) is 0. The molecule has 0 radical (unpaired) electrons. The lowest BCUT2D eigenvalue weighted by Gasteiger charge is -2.18. The van der Waals surface area contributed by atoms with E-state index in [9.17, 15) is 4.57 Å². The van der Waals surface area contributed by atoms with Gasteiger partial charge in [-0.15, -0.1) is 4.68 Å². The van der Waals surface area contributed by atoms with Gasteiger partial charge in [0.1, 0.15) is 12.1 Å². The summed E-state index contributed by atoms with van der Waals surface area (Å²) >= 11 is 0. The van der Waals surface area contributed by atoms with E-state index in [0.717, 1.165) is 0 Å². The molecule has 0 saturated carbocycles. The first kappa shape index (κ1) is 13.3. The second-order valence-corrected chi connectivity index (χ2v) is 4.86. The highest BCUT2D eigenvalue weighted by molar-refractivity contribution is 7.46. The van der Waals surface area contributed by atoms with E-state index in [-0.39, 0.29) is 6.04 Å². The maximum Gasteiger partial charge on any atom is 0.469 e. The van der Waals surface area contributed by atoms with E-state index >= 15 is 0 Å². The molecule has 0 aliphatic carbocycles. The second kappa shape index (κ2) is 5.05. The maximum atomic E-state index is 10.7. The van der Waals surface area contributed by atoms with Crippen molar-refractivity contribution in [2.24, 2.45) is 7.05 Å². The maximum absolute atomic E-state index is 10.7. The van der Waals surface area contributed by atoms with E-state index in [1.54, 1.807) is 28.8 Å². The summed E-state index contributed by atoms with van der Waals surface area (Å²) in [6, 6.07) is -0.200. The van der Waals surface area contributed by atoms with Gasteiger partial charge in [-0.2, -0.15) is 0 Å². The molecule has 8 heteroatoms. The molecule has 0 aromatic carbocycles. The third-order valence-electron chi connectivity index (χ3n) is 2.27. The van der Waals surface area contributed by atoms with Gasteiger partial charge in [-0.1, -0.05) is 6.92 Å². The second-order valence-electron chi connectivity index (χ2n) is 3.67. The van der Waals surface area contributed by atoms with Crippen LogP contribution in [0.25, 0.3) is 0 Å². The van der Waals surface area contributed by atoms with Gasteiger partial charge >= 0.3 is 7.82 Å². The molecule has 16 heavy (non-hydrogen) atoms. The Labute approximate surface area is 93.9 Å². The molecule has 0 saturated heterocycles. The Kier molecular flexibility index (Phi) is 4.21. The van der Waals surface area contributed by atoms with E-state index in [1.807, 2.05) is 14.0 Å². The molecule has 1 heterocycles. The first-order valence-electron chi connectivity index (χ1n) is 4.97. The number of hydrogen-bond donors (Lipinski definition) is 2. The van der Waals surface area contributed by atoms with Crippen LogP contribution < -0.4 is 4.57 Å². The molecule has 0 bridgehead atoms. The van der Waals surface area contributed by atoms with E-state index in [2.05, 4.69) is 9.62 Å². The smallest absolute Gasteiger partial charge is 0.303 e. The van der Waals surface area contributed by atoms with Gasteiger partial charge < -0.3 is 9.79 Å². The number of nitrogens with zero attached hydrogens (tertiary/aromatic N) is 3. The molecule has 1 aromatic heterocycles. The summed E-state index contributed by atoms with van der Waals surface area (Å²) in [6.45, 7) is 3.53. The van der Waals surface area contributed by atoms with E-state index in [0.29, 0.717) is 6.42 Å². The minimum atomic E-state index is -4.45. The van der Waals surface area contributed by atoms with Crippen LogP contribution in [0.2, 0.25) is 0 Å². The van der Waals surface area contributed by atoms with E-state index < -0.39 is 13.9 Å². The van der Waals surface area contributed by atoms with Crippen LogP contribution in [0.5, 0.6) is 0 Å². The van der Waals surface area contributed by atoms with Crippen LogP contribution in [-0.4, -0.2) is 25.7 Å². The summed E-state index contributed by atoms with van der Waals surface area (Å²) < 4.78 is 18.8. The van der Waals surface area contributed by atoms with Crippen LogP contribution in [0.15, 0.2) is 12.7 Å².